The molecule has 3 N–H and O–H groups in total. The summed E-state index contributed by atoms with van der Waals surface area (Å²) in [5.41, 5.74) is 7.03. The Morgan fingerprint density at radius 1 is 1.55 bits per heavy atom. The molecule has 0 bridgehead atoms. The van der Waals surface area contributed by atoms with Crippen LogP contribution in [0, 0.1) is 8.99 Å². The number of fused-ring (bicyclic) bond motifs is 1. The van der Waals surface area contributed by atoms with Crippen molar-refractivity contribution >= 4 is 28.5 Å². The van der Waals surface area contributed by atoms with Crippen molar-refractivity contribution in [1.82, 2.24) is 14.8 Å². The highest BCUT2D eigenvalue weighted by Gasteiger charge is 2.39. The molecule has 3 rings (SSSR count). The molecule has 1 atom stereocenters. The largest absolute Gasteiger partial charge is 0.392 e. The van der Waals surface area contributed by atoms with E-state index >= 15 is 0 Å². The van der Waals surface area contributed by atoms with Crippen LogP contribution in [0.3, 0.4) is 0 Å². The molecule has 7 heteroatoms. The molecule has 1 aliphatic rings. The third-order valence-electron chi connectivity index (χ3n) is 4.17. The number of hydrogen-bond donors (Lipinski definition) is 2. The van der Waals surface area contributed by atoms with E-state index in [0.29, 0.717) is 18.7 Å². The van der Waals surface area contributed by atoms with Gasteiger partial charge in [-0.1, -0.05) is 13.8 Å². The number of aromatic nitrogens is 3. The summed E-state index contributed by atoms with van der Waals surface area (Å²) >= 11 is 2.21. The van der Waals surface area contributed by atoms with Crippen molar-refractivity contribution < 1.29 is 9.90 Å². The van der Waals surface area contributed by atoms with Crippen LogP contribution in [-0.4, -0.2) is 31.9 Å². The highest BCUT2D eigenvalue weighted by molar-refractivity contribution is 14.1. The summed E-state index contributed by atoms with van der Waals surface area (Å²) in [7, 11) is 0. The number of aliphatic hydroxyl groups excluding tert-OH is 1. The van der Waals surface area contributed by atoms with Gasteiger partial charge in [0.25, 0.3) is 5.91 Å². The summed E-state index contributed by atoms with van der Waals surface area (Å²) in [6, 6.07) is 3.79. The molecule has 1 unspecified atom stereocenters. The summed E-state index contributed by atoms with van der Waals surface area (Å²) in [4.78, 5) is 16.0. The van der Waals surface area contributed by atoms with Gasteiger partial charge in [0.15, 0.2) is 11.5 Å². The van der Waals surface area contributed by atoms with Crippen LogP contribution in [-0.2, 0) is 12.8 Å². The molecular formula is C15H17IN4O2. The molecule has 116 valence electrons. The van der Waals surface area contributed by atoms with Gasteiger partial charge < -0.3 is 10.8 Å². The third-order valence-corrected chi connectivity index (χ3v) is 4.84. The topological polar surface area (TPSA) is 94.0 Å². The fourth-order valence-electron chi connectivity index (χ4n) is 2.80. The number of carbonyl (C=O) groups excluding carboxylic acids is 1. The van der Waals surface area contributed by atoms with Crippen molar-refractivity contribution in [3.05, 3.63) is 38.9 Å². The van der Waals surface area contributed by atoms with Crippen molar-refractivity contribution in [2.45, 2.75) is 32.8 Å². The van der Waals surface area contributed by atoms with Crippen LogP contribution in [0.15, 0.2) is 18.3 Å². The quantitative estimate of drug-likeness (QED) is 0.731. The first kappa shape index (κ1) is 15.4. The predicted molar refractivity (Wildman–Crippen MR) is 89.8 cm³/mol. The van der Waals surface area contributed by atoms with Gasteiger partial charge >= 0.3 is 0 Å². The number of carbonyl (C=O) groups is 1. The Labute approximate surface area is 141 Å². The molecule has 1 aliphatic carbocycles. The van der Waals surface area contributed by atoms with Gasteiger partial charge in [-0.15, -0.1) is 0 Å². The van der Waals surface area contributed by atoms with E-state index in [4.69, 9.17) is 5.73 Å². The monoisotopic (exact) mass is 412 g/mol. The summed E-state index contributed by atoms with van der Waals surface area (Å²) in [5.74, 6) is 0.0790. The summed E-state index contributed by atoms with van der Waals surface area (Å²) in [6.07, 6.45) is 2.17. The second-order valence-corrected chi connectivity index (χ2v) is 7.51. The van der Waals surface area contributed by atoms with Gasteiger partial charge in [0.2, 0.25) is 0 Å². The maximum Gasteiger partial charge on any atom is 0.269 e. The molecule has 0 spiro atoms. The Kier molecular flexibility index (Phi) is 3.72. The lowest BCUT2D eigenvalue weighted by molar-refractivity contribution is 0.0412. The number of amides is 1. The second-order valence-electron chi connectivity index (χ2n) is 6.27. The maximum absolute atomic E-state index is 11.7. The van der Waals surface area contributed by atoms with E-state index in [9.17, 15) is 9.90 Å². The van der Waals surface area contributed by atoms with Gasteiger partial charge in [-0.2, -0.15) is 5.10 Å². The average molecular weight is 412 g/mol. The first-order valence-corrected chi connectivity index (χ1v) is 8.08. The van der Waals surface area contributed by atoms with Crippen molar-refractivity contribution in [2.24, 2.45) is 11.1 Å². The highest BCUT2D eigenvalue weighted by Crippen LogP contribution is 2.37. The lowest BCUT2D eigenvalue weighted by atomic mass is 9.74. The minimum absolute atomic E-state index is 0.227. The average Bonchev–Trinajstić information content (AvgIpc) is 2.77. The van der Waals surface area contributed by atoms with Gasteiger partial charge in [-0.05, 0) is 46.6 Å². The van der Waals surface area contributed by atoms with E-state index in [2.05, 4.69) is 32.7 Å². The van der Waals surface area contributed by atoms with Crippen LogP contribution in [0.4, 0.5) is 0 Å². The normalized spacial score (nSPS) is 19.7. The van der Waals surface area contributed by atoms with E-state index in [0.717, 1.165) is 14.8 Å². The van der Waals surface area contributed by atoms with Crippen LogP contribution < -0.4 is 5.73 Å². The smallest absolute Gasteiger partial charge is 0.269 e. The number of halogens is 1. The number of primary amides is 1. The maximum atomic E-state index is 11.7. The number of rotatable bonds is 2. The molecular weight excluding hydrogens is 395 g/mol. The molecule has 1 amide bonds. The van der Waals surface area contributed by atoms with E-state index in [1.807, 2.05) is 26.0 Å². The first-order valence-electron chi connectivity index (χ1n) is 7.00. The lowest BCUT2D eigenvalue weighted by Crippen LogP contribution is -2.38. The molecule has 2 heterocycles. The molecule has 2 aromatic rings. The lowest BCUT2D eigenvalue weighted by Gasteiger charge is -2.35. The molecule has 0 fully saturated rings. The third kappa shape index (κ3) is 2.52. The Bertz CT molecular complexity index is 754. The van der Waals surface area contributed by atoms with Crippen LogP contribution in [0.1, 0.15) is 35.6 Å². The number of hydrogen-bond acceptors (Lipinski definition) is 4. The van der Waals surface area contributed by atoms with Crippen molar-refractivity contribution in [3.8, 4) is 5.82 Å². The summed E-state index contributed by atoms with van der Waals surface area (Å²) < 4.78 is 2.72. The zero-order valence-corrected chi connectivity index (χ0v) is 14.5. The molecule has 6 nitrogen and oxygen atoms in total. The van der Waals surface area contributed by atoms with Crippen molar-refractivity contribution in [1.29, 1.82) is 0 Å². The van der Waals surface area contributed by atoms with Crippen LogP contribution in [0.2, 0.25) is 0 Å². The van der Waals surface area contributed by atoms with Crippen LogP contribution >= 0.6 is 22.6 Å². The van der Waals surface area contributed by atoms with Gasteiger partial charge in [0, 0.05) is 21.8 Å². The SMILES string of the molecule is CC1(C)Cc2c(c(C(N)=O)nn2-c2cc(I)ccn2)CC1O. The fourth-order valence-corrected chi connectivity index (χ4v) is 3.24. The minimum Gasteiger partial charge on any atom is -0.392 e. The number of aliphatic hydroxyl groups is 1. The molecule has 0 saturated heterocycles. The van der Waals surface area contributed by atoms with Gasteiger partial charge in [-0.25, -0.2) is 9.67 Å². The van der Waals surface area contributed by atoms with Crippen LogP contribution in [0.25, 0.3) is 5.82 Å². The second kappa shape index (κ2) is 5.31. The van der Waals surface area contributed by atoms with E-state index in [1.54, 1.807) is 10.9 Å². The standard InChI is InChI=1S/C15H17IN4O2/c1-15(2)7-10-9(6-11(15)21)13(14(17)22)19-20(10)12-5-8(16)3-4-18-12/h3-5,11,21H,6-7H2,1-2H3,(H2,17,22). The van der Waals surface area contributed by atoms with Crippen molar-refractivity contribution in [3.63, 3.8) is 0 Å². The summed E-state index contributed by atoms with van der Waals surface area (Å²) in [5, 5.41) is 14.7. The van der Waals surface area contributed by atoms with Gasteiger partial charge in [0.1, 0.15) is 0 Å². The molecule has 0 radical (unpaired) electrons. The Morgan fingerprint density at radius 3 is 2.91 bits per heavy atom. The minimum atomic E-state index is -0.576. The van der Waals surface area contributed by atoms with Crippen molar-refractivity contribution in [2.75, 3.05) is 0 Å². The van der Waals surface area contributed by atoms with E-state index in [-0.39, 0.29) is 11.1 Å². The first-order chi connectivity index (χ1) is 10.3. The molecule has 0 aliphatic heterocycles. The number of pyridine rings is 1. The zero-order valence-electron chi connectivity index (χ0n) is 12.4. The Morgan fingerprint density at radius 2 is 2.27 bits per heavy atom. The molecule has 2 aromatic heterocycles. The fraction of sp³-hybridized carbons (Fsp3) is 0.400. The molecule has 22 heavy (non-hydrogen) atoms. The Balaban J connectivity index is 2.21. The molecule has 0 saturated carbocycles. The number of nitrogens with two attached hydrogens (primary N) is 1. The summed E-state index contributed by atoms with van der Waals surface area (Å²) in [6.45, 7) is 4.01. The number of nitrogens with zero attached hydrogens (tertiary/aromatic N) is 3. The van der Waals surface area contributed by atoms with Gasteiger partial charge in [0.05, 0.1) is 11.8 Å². The Hall–Kier alpha value is -1.48. The van der Waals surface area contributed by atoms with Gasteiger partial charge in [-0.3, -0.25) is 4.79 Å². The van der Waals surface area contributed by atoms with E-state index in [1.165, 1.54) is 0 Å². The molecule has 0 aromatic carbocycles. The zero-order chi connectivity index (χ0) is 16.1. The highest BCUT2D eigenvalue weighted by atomic mass is 127. The van der Waals surface area contributed by atoms with Crippen LogP contribution in [0.5, 0.6) is 0 Å². The predicted octanol–water partition coefficient (Wildman–Crippen LogP) is 1.46. The van der Waals surface area contributed by atoms with E-state index < -0.39 is 12.0 Å².